The SMILES string of the molecule is NC(=O)c1cc(-c2ccccc2)c[nH]c1=O. The Bertz CT molecular complexity index is 573. The fourth-order valence-electron chi connectivity index (χ4n) is 1.46. The molecular formula is C12H10N2O2. The highest BCUT2D eigenvalue weighted by Gasteiger charge is 2.07. The van der Waals surface area contributed by atoms with Gasteiger partial charge in [0, 0.05) is 6.20 Å². The van der Waals surface area contributed by atoms with Gasteiger partial charge in [0.25, 0.3) is 11.5 Å². The summed E-state index contributed by atoms with van der Waals surface area (Å²) in [4.78, 5) is 24.8. The second-order valence-electron chi connectivity index (χ2n) is 3.36. The molecule has 2 aromatic rings. The fraction of sp³-hybridized carbons (Fsp3) is 0. The van der Waals surface area contributed by atoms with Crippen molar-refractivity contribution in [1.29, 1.82) is 0 Å². The summed E-state index contributed by atoms with van der Waals surface area (Å²) in [6.07, 6.45) is 1.56. The van der Waals surface area contributed by atoms with Crippen molar-refractivity contribution in [3.05, 3.63) is 58.5 Å². The molecule has 0 fully saturated rings. The summed E-state index contributed by atoms with van der Waals surface area (Å²) in [6.45, 7) is 0. The molecule has 1 aromatic heterocycles. The number of H-pyrrole nitrogens is 1. The summed E-state index contributed by atoms with van der Waals surface area (Å²) >= 11 is 0. The molecule has 0 aliphatic heterocycles. The van der Waals surface area contributed by atoms with Crippen LogP contribution in [0.25, 0.3) is 11.1 Å². The Labute approximate surface area is 91.7 Å². The molecule has 0 saturated heterocycles. The molecule has 0 atom stereocenters. The lowest BCUT2D eigenvalue weighted by Gasteiger charge is -2.02. The van der Waals surface area contributed by atoms with E-state index >= 15 is 0 Å². The molecule has 0 unspecified atom stereocenters. The van der Waals surface area contributed by atoms with Crippen LogP contribution < -0.4 is 11.3 Å². The molecule has 4 heteroatoms. The van der Waals surface area contributed by atoms with Gasteiger partial charge in [0.2, 0.25) is 0 Å². The number of aromatic nitrogens is 1. The van der Waals surface area contributed by atoms with E-state index in [9.17, 15) is 9.59 Å². The molecule has 0 saturated carbocycles. The van der Waals surface area contributed by atoms with Crippen molar-refractivity contribution in [3.8, 4) is 11.1 Å². The number of primary amides is 1. The maximum absolute atomic E-state index is 11.3. The number of rotatable bonds is 2. The normalized spacial score (nSPS) is 10.0. The van der Waals surface area contributed by atoms with E-state index in [1.54, 1.807) is 6.20 Å². The summed E-state index contributed by atoms with van der Waals surface area (Å²) in [6, 6.07) is 10.9. The molecule has 0 aliphatic carbocycles. The number of amides is 1. The van der Waals surface area contributed by atoms with Gasteiger partial charge in [0.1, 0.15) is 5.56 Å². The minimum Gasteiger partial charge on any atom is -0.365 e. The molecule has 0 radical (unpaired) electrons. The molecule has 0 aliphatic rings. The Kier molecular flexibility index (Phi) is 2.55. The smallest absolute Gasteiger partial charge is 0.260 e. The first-order valence-electron chi connectivity index (χ1n) is 4.76. The van der Waals surface area contributed by atoms with Crippen LogP contribution in [0, 0.1) is 0 Å². The summed E-state index contributed by atoms with van der Waals surface area (Å²) in [5.41, 5.74) is 6.29. The topological polar surface area (TPSA) is 76.0 Å². The largest absolute Gasteiger partial charge is 0.365 e. The van der Waals surface area contributed by atoms with Crippen LogP contribution in [-0.4, -0.2) is 10.9 Å². The standard InChI is InChI=1S/C12H10N2O2/c13-11(15)10-6-9(7-14-12(10)16)8-4-2-1-3-5-8/h1-7H,(H2,13,15)(H,14,16). The number of hydrogen-bond donors (Lipinski definition) is 2. The van der Waals surface area contributed by atoms with E-state index in [0.29, 0.717) is 0 Å². The predicted octanol–water partition coefficient (Wildman–Crippen LogP) is 1.14. The summed E-state index contributed by atoms with van der Waals surface area (Å²) in [5.74, 6) is -0.723. The van der Waals surface area contributed by atoms with E-state index in [2.05, 4.69) is 4.98 Å². The highest BCUT2D eigenvalue weighted by Crippen LogP contribution is 2.17. The van der Waals surface area contributed by atoms with Crippen molar-refractivity contribution in [3.63, 3.8) is 0 Å². The number of benzene rings is 1. The van der Waals surface area contributed by atoms with Gasteiger partial charge in [-0.1, -0.05) is 30.3 Å². The molecule has 2 rings (SSSR count). The van der Waals surface area contributed by atoms with E-state index < -0.39 is 11.5 Å². The molecule has 0 spiro atoms. The van der Waals surface area contributed by atoms with Crippen molar-refractivity contribution >= 4 is 5.91 Å². The molecule has 3 N–H and O–H groups in total. The number of carbonyl (C=O) groups is 1. The molecule has 1 aromatic carbocycles. The minimum absolute atomic E-state index is 0.0265. The van der Waals surface area contributed by atoms with Crippen molar-refractivity contribution < 1.29 is 4.79 Å². The zero-order valence-corrected chi connectivity index (χ0v) is 8.44. The van der Waals surface area contributed by atoms with Crippen molar-refractivity contribution in [2.45, 2.75) is 0 Å². The lowest BCUT2D eigenvalue weighted by molar-refractivity contribution is 0.0999. The zero-order valence-electron chi connectivity index (χ0n) is 8.44. The first kappa shape index (κ1) is 10.2. The summed E-state index contributed by atoms with van der Waals surface area (Å²) in [5, 5.41) is 0. The molecule has 1 amide bonds. The van der Waals surface area contributed by atoms with Gasteiger partial charge in [0.15, 0.2) is 0 Å². The van der Waals surface area contributed by atoms with Crippen LogP contribution in [0.3, 0.4) is 0 Å². The Morgan fingerprint density at radius 3 is 2.44 bits per heavy atom. The lowest BCUT2D eigenvalue weighted by atomic mass is 10.1. The van der Waals surface area contributed by atoms with Crippen molar-refractivity contribution in [2.75, 3.05) is 0 Å². The number of pyridine rings is 1. The van der Waals surface area contributed by atoms with Gasteiger partial charge < -0.3 is 10.7 Å². The maximum atomic E-state index is 11.3. The van der Waals surface area contributed by atoms with E-state index in [0.717, 1.165) is 11.1 Å². The van der Waals surface area contributed by atoms with Crippen molar-refractivity contribution in [2.24, 2.45) is 5.73 Å². The number of nitrogens with one attached hydrogen (secondary N) is 1. The van der Waals surface area contributed by atoms with Crippen LogP contribution in [-0.2, 0) is 0 Å². The molecule has 16 heavy (non-hydrogen) atoms. The molecule has 0 bridgehead atoms. The van der Waals surface area contributed by atoms with Gasteiger partial charge in [-0.2, -0.15) is 0 Å². The third kappa shape index (κ3) is 1.86. The van der Waals surface area contributed by atoms with Gasteiger partial charge >= 0.3 is 0 Å². The number of aromatic amines is 1. The Hall–Kier alpha value is -2.36. The van der Waals surface area contributed by atoms with Gasteiger partial charge in [-0.15, -0.1) is 0 Å². The maximum Gasteiger partial charge on any atom is 0.260 e. The van der Waals surface area contributed by atoms with Crippen LogP contribution in [0.2, 0.25) is 0 Å². The molecule has 80 valence electrons. The third-order valence-corrected chi connectivity index (χ3v) is 2.28. The van der Waals surface area contributed by atoms with Gasteiger partial charge in [-0.25, -0.2) is 0 Å². The summed E-state index contributed by atoms with van der Waals surface area (Å²) in [7, 11) is 0. The highest BCUT2D eigenvalue weighted by atomic mass is 16.2. The predicted molar refractivity (Wildman–Crippen MR) is 61.0 cm³/mol. The Morgan fingerprint density at radius 1 is 1.12 bits per heavy atom. The first-order chi connectivity index (χ1) is 7.68. The highest BCUT2D eigenvalue weighted by molar-refractivity contribution is 5.93. The zero-order chi connectivity index (χ0) is 11.5. The molecule has 1 heterocycles. The second-order valence-corrected chi connectivity index (χ2v) is 3.36. The summed E-state index contributed by atoms with van der Waals surface area (Å²) < 4.78 is 0. The minimum atomic E-state index is -0.723. The molecule has 4 nitrogen and oxygen atoms in total. The van der Waals surface area contributed by atoms with E-state index in [1.807, 2.05) is 30.3 Å². The third-order valence-electron chi connectivity index (χ3n) is 2.28. The lowest BCUT2D eigenvalue weighted by Crippen LogP contribution is -2.23. The van der Waals surface area contributed by atoms with Crippen LogP contribution in [0.1, 0.15) is 10.4 Å². The number of carbonyl (C=O) groups excluding carboxylic acids is 1. The monoisotopic (exact) mass is 214 g/mol. The average molecular weight is 214 g/mol. The van der Waals surface area contributed by atoms with Gasteiger partial charge in [0.05, 0.1) is 0 Å². The Balaban J connectivity index is 2.57. The Morgan fingerprint density at radius 2 is 1.81 bits per heavy atom. The van der Waals surface area contributed by atoms with Crippen molar-refractivity contribution in [1.82, 2.24) is 4.98 Å². The first-order valence-corrected chi connectivity index (χ1v) is 4.76. The van der Waals surface area contributed by atoms with Gasteiger partial charge in [-0.05, 0) is 17.2 Å². The van der Waals surface area contributed by atoms with Crippen LogP contribution in [0.4, 0.5) is 0 Å². The fourth-order valence-corrected chi connectivity index (χ4v) is 1.46. The van der Waals surface area contributed by atoms with Crippen LogP contribution in [0.15, 0.2) is 47.4 Å². The number of hydrogen-bond acceptors (Lipinski definition) is 2. The quantitative estimate of drug-likeness (QED) is 0.786. The van der Waals surface area contributed by atoms with E-state index in [1.165, 1.54) is 6.07 Å². The van der Waals surface area contributed by atoms with Gasteiger partial charge in [-0.3, -0.25) is 9.59 Å². The number of nitrogens with two attached hydrogens (primary N) is 1. The second kappa shape index (κ2) is 4.02. The van der Waals surface area contributed by atoms with Crippen LogP contribution >= 0.6 is 0 Å². The van der Waals surface area contributed by atoms with E-state index in [4.69, 9.17) is 5.73 Å². The van der Waals surface area contributed by atoms with Crippen LogP contribution in [0.5, 0.6) is 0 Å². The van der Waals surface area contributed by atoms with E-state index in [-0.39, 0.29) is 5.56 Å². The molecular weight excluding hydrogens is 204 g/mol. The average Bonchev–Trinajstić information content (AvgIpc) is 2.30.